The van der Waals surface area contributed by atoms with Crippen molar-refractivity contribution in [2.24, 2.45) is 11.8 Å². The molecular weight excluding hydrogens is 493 g/mol. The Morgan fingerprint density at radius 2 is 1.97 bits per heavy atom. The van der Waals surface area contributed by atoms with Crippen molar-refractivity contribution in [2.45, 2.75) is 27.9 Å². The van der Waals surface area contributed by atoms with Crippen LogP contribution in [-0.4, -0.2) is 45.8 Å². The SMILES string of the molecule is Nc1nc(N2CCC3C(C2)C3(CNC(=O)O)c2ccccc2)cnc1Sc1cccnc1C(F)(F)F. The lowest BCUT2D eigenvalue weighted by molar-refractivity contribution is -0.143. The van der Waals surface area contributed by atoms with Gasteiger partial charge in [0, 0.05) is 36.1 Å². The number of fused-ring (bicyclic) bond motifs is 1. The fourth-order valence-electron chi connectivity index (χ4n) is 5.35. The highest BCUT2D eigenvalue weighted by Crippen LogP contribution is 2.63. The zero-order valence-electron chi connectivity index (χ0n) is 18.9. The predicted octanol–water partition coefficient (Wildman–Crippen LogP) is 4.29. The van der Waals surface area contributed by atoms with Crippen molar-refractivity contribution in [1.29, 1.82) is 0 Å². The summed E-state index contributed by atoms with van der Waals surface area (Å²) in [6.45, 7) is 1.65. The molecule has 2 aliphatic rings. The normalized spacial score (nSPS) is 23.1. The second-order valence-electron chi connectivity index (χ2n) is 8.88. The molecular formula is C24H23F3N6O2S. The molecule has 1 saturated carbocycles. The first-order valence-electron chi connectivity index (χ1n) is 11.3. The van der Waals surface area contributed by atoms with Crippen LogP contribution < -0.4 is 16.0 Å². The summed E-state index contributed by atoms with van der Waals surface area (Å²) >= 11 is 0.775. The van der Waals surface area contributed by atoms with Crippen molar-refractivity contribution < 1.29 is 23.1 Å². The lowest BCUT2D eigenvalue weighted by Crippen LogP contribution is -2.35. The van der Waals surface area contributed by atoms with E-state index in [1.807, 2.05) is 30.3 Å². The number of piperidine rings is 1. The Labute approximate surface area is 209 Å². The van der Waals surface area contributed by atoms with Crippen molar-refractivity contribution in [3.8, 4) is 0 Å². The van der Waals surface area contributed by atoms with E-state index in [0.29, 0.717) is 31.4 Å². The number of hydrogen-bond donors (Lipinski definition) is 3. The van der Waals surface area contributed by atoms with Gasteiger partial charge in [0.2, 0.25) is 0 Å². The number of nitrogens with one attached hydrogen (secondary N) is 1. The van der Waals surface area contributed by atoms with Crippen LogP contribution in [0.2, 0.25) is 0 Å². The van der Waals surface area contributed by atoms with Crippen molar-refractivity contribution in [3.63, 3.8) is 0 Å². The highest BCUT2D eigenvalue weighted by atomic mass is 32.2. The summed E-state index contributed by atoms with van der Waals surface area (Å²) in [6, 6.07) is 12.6. The number of nitrogens with zero attached hydrogens (tertiary/aromatic N) is 4. The van der Waals surface area contributed by atoms with E-state index in [0.717, 1.165) is 29.9 Å². The average Bonchev–Trinajstić information content (AvgIpc) is 3.52. The lowest BCUT2D eigenvalue weighted by atomic mass is 9.91. The van der Waals surface area contributed by atoms with Crippen LogP contribution in [0.4, 0.5) is 29.6 Å². The van der Waals surface area contributed by atoms with Gasteiger partial charge in [-0.3, -0.25) is 4.98 Å². The first-order valence-corrected chi connectivity index (χ1v) is 12.1. The highest BCUT2D eigenvalue weighted by Gasteiger charge is 2.66. The molecule has 0 radical (unpaired) electrons. The topological polar surface area (TPSA) is 117 Å². The first-order chi connectivity index (χ1) is 17.2. The number of aromatic nitrogens is 3. The van der Waals surface area contributed by atoms with Gasteiger partial charge < -0.3 is 21.1 Å². The number of carbonyl (C=O) groups is 1. The molecule has 2 fully saturated rings. The highest BCUT2D eigenvalue weighted by molar-refractivity contribution is 7.99. The first kappa shape index (κ1) is 24.2. The van der Waals surface area contributed by atoms with Gasteiger partial charge in [0.25, 0.3) is 0 Å². The Morgan fingerprint density at radius 1 is 1.19 bits per heavy atom. The summed E-state index contributed by atoms with van der Waals surface area (Å²) in [7, 11) is 0. The maximum atomic E-state index is 13.3. The van der Waals surface area contributed by atoms with Crippen LogP contribution in [0, 0.1) is 11.8 Å². The van der Waals surface area contributed by atoms with Crippen LogP contribution >= 0.6 is 11.8 Å². The number of anilines is 2. The molecule has 2 aromatic heterocycles. The molecule has 0 bridgehead atoms. The maximum Gasteiger partial charge on any atom is 0.434 e. The Balaban J connectivity index is 1.35. The van der Waals surface area contributed by atoms with E-state index in [1.54, 1.807) is 0 Å². The predicted molar refractivity (Wildman–Crippen MR) is 128 cm³/mol. The van der Waals surface area contributed by atoms with Crippen LogP contribution in [0.15, 0.2) is 64.8 Å². The number of hydrogen-bond acceptors (Lipinski definition) is 7. The molecule has 4 N–H and O–H groups in total. The number of halogens is 3. The van der Waals surface area contributed by atoms with Crippen LogP contribution in [-0.2, 0) is 11.6 Å². The fourth-order valence-corrected chi connectivity index (χ4v) is 6.23. The molecule has 1 amide bonds. The van der Waals surface area contributed by atoms with Gasteiger partial charge in [-0.05, 0) is 36.0 Å². The summed E-state index contributed by atoms with van der Waals surface area (Å²) in [5, 5.41) is 12.0. The third-order valence-corrected chi connectivity index (χ3v) is 8.05. The summed E-state index contributed by atoms with van der Waals surface area (Å²) in [5.74, 6) is 1.11. The largest absolute Gasteiger partial charge is 0.465 e. The van der Waals surface area contributed by atoms with Crippen molar-refractivity contribution in [1.82, 2.24) is 20.3 Å². The Kier molecular flexibility index (Phi) is 6.15. The second kappa shape index (κ2) is 9.16. The monoisotopic (exact) mass is 516 g/mol. The minimum atomic E-state index is -4.60. The molecule has 3 atom stereocenters. The molecule has 8 nitrogen and oxygen atoms in total. The van der Waals surface area contributed by atoms with E-state index in [4.69, 9.17) is 5.73 Å². The maximum absolute atomic E-state index is 13.3. The number of amides is 1. The molecule has 3 heterocycles. The number of pyridine rings is 1. The zero-order chi connectivity index (χ0) is 25.5. The minimum absolute atomic E-state index is 0.0364. The summed E-state index contributed by atoms with van der Waals surface area (Å²) < 4.78 is 39.9. The van der Waals surface area contributed by atoms with Crippen molar-refractivity contribution in [2.75, 3.05) is 30.3 Å². The third-order valence-electron chi connectivity index (χ3n) is 6.99. The molecule has 188 valence electrons. The van der Waals surface area contributed by atoms with E-state index >= 15 is 0 Å². The summed E-state index contributed by atoms with van der Waals surface area (Å²) in [6.07, 6.45) is -2.21. The standard InChI is InChI=1S/C24H23F3N6O2S/c25-24(26,27)19-17(7-4-9-29-19)36-21-20(28)32-18(11-30-21)33-10-8-15-16(12-33)23(15,13-31-22(34)35)14-5-2-1-3-6-14/h1-7,9,11,15-16,31H,8,10,12-13H2,(H2,28,32)(H,34,35). The molecule has 1 aromatic carbocycles. The van der Waals surface area contributed by atoms with Gasteiger partial charge in [-0.1, -0.05) is 42.1 Å². The second-order valence-corrected chi connectivity index (χ2v) is 9.91. The molecule has 12 heteroatoms. The molecule has 1 aliphatic carbocycles. The molecule has 3 unspecified atom stereocenters. The summed E-state index contributed by atoms with van der Waals surface area (Å²) in [4.78, 5) is 25.4. The minimum Gasteiger partial charge on any atom is -0.465 e. The van der Waals surface area contributed by atoms with E-state index in [-0.39, 0.29) is 27.1 Å². The van der Waals surface area contributed by atoms with Crippen LogP contribution in [0.3, 0.4) is 0 Å². The van der Waals surface area contributed by atoms with Gasteiger partial charge in [-0.2, -0.15) is 13.2 Å². The zero-order valence-corrected chi connectivity index (χ0v) is 19.8. The van der Waals surface area contributed by atoms with Crippen molar-refractivity contribution in [3.05, 3.63) is 66.1 Å². The quantitative estimate of drug-likeness (QED) is 0.444. The molecule has 3 aromatic rings. The Hall–Kier alpha value is -3.54. The van der Waals surface area contributed by atoms with Gasteiger partial charge in [0.15, 0.2) is 11.5 Å². The average molecular weight is 517 g/mol. The lowest BCUT2D eigenvalue weighted by Gasteiger charge is -2.27. The third kappa shape index (κ3) is 4.41. The van der Waals surface area contributed by atoms with E-state index < -0.39 is 18.0 Å². The Morgan fingerprint density at radius 3 is 2.67 bits per heavy atom. The number of rotatable bonds is 6. The molecule has 36 heavy (non-hydrogen) atoms. The molecule has 5 rings (SSSR count). The molecule has 0 spiro atoms. The van der Waals surface area contributed by atoms with Gasteiger partial charge in [-0.25, -0.2) is 14.8 Å². The van der Waals surface area contributed by atoms with E-state index in [1.165, 1.54) is 18.3 Å². The van der Waals surface area contributed by atoms with Crippen LogP contribution in [0.1, 0.15) is 17.7 Å². The van der Waals surface area contributed by atoms with Crippen LogP contribution in [0.25, 0.3) is 0 Å². The van der Waals surface area contributed by atoms with Gasteiger partial charge >= 0.3 is 12.3 Å². The number of nitrogen functional groups attached to an aromatic ring is 1. The number of nitrogens with two attached hydrogens (primary N) is 1. The fraction of sp³-hybridized carbons (Fsp3) is 0.333. The number of benzene rings is 1. The smallest absolute Gasteiger partial charge is 0.434 e. The summed E-state index contributed by atoms with van der Waals surface area (Å²) in [5.41, 5.74) is 5.92. The van der Waals surface area contributed by atoms with Crippen LogP contribution in [0.5, 0.6) is 0 Å². The number of alkyl halides is 3. The molecule has 1 aliphatic heterocycles. The number of carboxylic acid groups (broad SMARTS) is 1. The van der Waals surface area contributed by atoms with E-state index in [9.17, 15) is 23.1 Å². The Bertz CT molecular complexity index is 1280. The molecule has 1 saturated heterocycles. The van der Waals surface area contributed by atoms with E-state index in [2.05, 4.69) is 25.2 Å². The van der Waals surface area contributed by atoms with Gasteiger partial charge in [-0.15, -0.1) is 0 Å². The van der Waals surface area contributed by atoms with Crippen molar-refractivity contribution >= 4 is 29.5 Å². The van der Waals surface area contributed by atoms with Gasteiger partial charge in [0.1, 0.15) is 10.8 Å². The van der Waals surface area contributed by atoms with Gasteiger partial charge in [0.05, 0.1) is 6.20 Å².